The highest BCUT2D eigenvalue weighted by Gasteiger charge is 2.36. The summed E-state index contributed by atoms with van der Waals surface area (Å²) in [5.41, 5.74) is 5.31. The highest BCUT2D eigenvalue weighted by Crippen LogP contribution is 2.35. The minimum atomic E-state index is 0.0748. The fourth-order valence-electron chi connectivity index (χ4n) is 4.84. The van der Waals surface area contributed by atoms with Crippen molar-refractivity contribution < 1.29 is 4.79 Å². The van der Waals surface area contributed by atoms with Gasteiger partial charge in [-0.25, -0.2) is 0 Å². The summed E-state index contributed by atoms with van der Waals surface area (Å²) in [4.78, 5) is 30.7. The molecular formula is C22H23N3O2. The molecule has 3 aromatic rings. The van der Waals surface area contributed by atoms with Crippen molar-refractivity contribution in [1.82, 2.24) is 14.5 Å². The van der Waals surface area contributed by atoms with Crippen molar-refractivity contribution in [1.29, 1.82) is 0 Å². The molecule has 2 aliphatic heterocycles. The molecule has 138 valence electrons. The average Bonchev–Trinajstić information content (AvgIpc) is 2.95. The number of nitrogens with one attached hydrogen (secondary N) is 1. The molecule has 0 saturated carbocycles. The van der Waals surface area contributed by atoms with Gasteiger partial charge < -0.3 is 14.5 Å². The molecule has 2 aromatic heterocycles. The number of aromatic nitrogens is 2. The van der Waals surface area contributed by atoms with Gasteiger partial charge in [0, 0.05) is 59.5 Å². The van der Waals surface area contributed by atoms with Crippen LogP contribution in [0.1, 0.15) is 39.6 Å². The molecule has 5 nitrogen and oxygen atoms in total. The van der Waals surface area contributed by atoms with E-state index < -0.39 is 0 Å². The summed E-state index contributed by atoms with van der Waals surface area (Å²) in [6.07, 6.45) is 1.06. The predicted molar refractivity (Wildman–Crippen MR) is 105 cm³/mol. The second-order valence-corrected chi connectivity index (χ2v) is 8.04. The largest absolute Gasteiger partial charge is 0.358 e. The Labute approximate surface area is 157 Å². The van der Waals surface area contributed by atoms with Gasteiger partial charge in [-0.3, -0.25) is 9.59 Å². The normalized spacial score (nSPS) is 21.3. The number of aromatic amines is 1. The first-order chi connectivity index (χ1) is 13.0. The zero-order valence-corrected chi connectivity index (χ0v) is 15.7. The smallest absolute Gasteiger partial charge is 0.253 e. The van der Waals surface area contributed by atoms with E-state index in [4.69, 9.17) is 0 Å². The Morgan fingerprint density at radius 2 is 1.96 bits per heavy atom. The first-order valence-electron chi connectivity index (χ1n) is 9.59. The molecule has 2 aliphatic rings. The van der Waals surface area contributed by atoms with E-state index in [2.05, 4.69) is 18.8 Å². The highest BCUT2D eigenvalue weighted by atomic mass is 16.2. The fraction of sp³-hybridized carbons (Fsp3) is 0.364. The van der Waals surface area contributed by atoms with Crippen LogP contribution in [0.2, 0.25) is 0 Å². The number of H-pyrrole nitrogens is 1. The molecule has 2 atom stereocenters. The molecule has 1 fully saturated rings. The van der Waals surface area contributed by atoms with Crippen molar-refractivity contribution in [2.75, 3.05) is 13.1 Å². The number of hydrogen-bond donors (Lipinski definition) is 1. The minimum Gasteiger partial charge on any atom is -0.358 e. The lowest BCUT2D eigenvalue weighted by atomic mass is 9.83. The second-order valence-electron chi connectivity index (χ2n) is 8.04. The minimum absolute atomic E-state index is 0.0748. The monoisotopic (exact) mass is 361 g/mol. The predicted octanol–water partition coefficient (Wildman–Crippen LogP) is 3.21. The van der Waals surface area contributed by atoms with Gasteiger partial charge in [-0.05, 0) is 56.0 Å². The molecule has 1 amide bonds. The number of nitrogens with zero attached hydrogens (tertiary/aromatic N) is 2. The van der Waals surface area contributed by atoms with Crippen molar-refractivity contribution in [3.05, 3.63) is 69.3 Å². The molecule has 5 rings (SSSR count). The summed E-state index contributed by atoms with van der Waals surface area (Å²) >= 11 is 0. The molecule has 1 N–H and O–H groups in total. The van der Waals surface area contributed by atoms with Crippen LogP contribution in [0.4, 0.5) is 0 Å². The summed E-state index contributed by atoms with van der Waals surface area (Å²) in [6.45, 7) is 6.26. The zero-order valence-electron chi connectivity index (χ0n) is 15.7. The Balaban J connectivity index is 1.47. The number of benzene rings is 1. The van der Waals surface area contributed by atoms with Crippen LogP contribution < -0.4 is 5.56 Å². The van der Waals surface area contributed by atoms with Gasteiger partial charge in [-0.2, -0.15) is 0 Å². The number of piperidine rings is 1. The third kappa shape index (κ3) is 2.52. The van der Waals surface area contributed by atoms with E-state index in [1.807, 2.05) is 39.8 Å². The number of carbonyl (C=O) groups excluding carboxylic acids is 1. The molecule has 1 saturated heterocycles. The lowest BCUT2D eigenvalue weighted by Crippen LogP contribution is -2.49. The Kier molecular flexibility index (Phi) is 3.54. The molecule has 1 aromatic carbocycles. The van der Waals surface area contributed by atoms with Crippen LogP contribution in [-0.2, 0) is 6.54 Å². The molecule has 0 aliphatic carbocycles. The average molecular weight is 361 g/mol. The third-order valence-electron chi connectivity index (χ3n) is 6.32. The molecule has 0 radical (unpaired) electrons. The maximum atomic E-state index is 13.2. The van der Waals surface area contributed by atoms with Gasteiger partial charge in [-0.15, -0.1) is 0 Å². The van der Waals surface area contributed by atoms with E-state index >= 15 is 0 Å². The van der Waals surface area contributed by atoms with Crippen molar-refractivity contribution in [2.24, 2.45) is 5.92 Å². The topological polar surface area (TPSA) is 58.1 Å². The first kappa shape index (κ1) is 16.4. The Hall–Kier alpha value is -2.82. The summed E-state index contributed by atoms with van der Waals surface area (Å²) in [5, 5.41) is 1.12. The van der Waals surface area contributed by atoms with E-state index in [-0.39, 0.29) is 17.4 Å². The quantitative estimate of drug-likeness (QED) is 0.724. The van der Waals surface area contributed by atoms with E-state index in [0.717, 1.165) is 40.8 Å². The van der Waals surface area contributed by atoms with Gasteiger partial charge in [0.1, 0.15) is 0 Å². The molecule has 0 spiro atoms. The number of amides is 1. The van der Waals surface area contributed by atoms with Gasteiger partial charge in [0.2, 0.25) is 0 Å². The Morgan fingerprint density at radius 3 is 2.81 bits per heavy atom. The van der Waals surface area contributed by atoms with Crippen molar-refractivity contribution in [3.63, 3.8) is 0 Å². The van der Waals surface area contributed by atoms with Crippen molar-refractivity contribution >= 4 is 16.8 Å². The van der Waals surface area contributed by atoms with Crippen LogP contribution in [0.3, 0.4) is 0 Å². The van der Waals surface area contributed by atoms with Crippen LogP contribution >= 0.6 is 0 Å². The number of fused-ring (bicyclic) bond motifs is 5. The van der Waals surface area contributed by atoms with Crippen LogP contribution in [0.25, 0.3) is 10.9 Å². The second kappa shape index (κ2) is 5.84. The van der Waals surface area contributed by atoms with Crippen molar-refractivity contribution in [3.8, 4) is 0 Å². The van der Waals surface area contributed by atoms with Crippen LogP contribution in [0, 0.1) is 19.8 Å². The third-order valence-corrected chi connectivity index (χ3v) is 6.32. The summed E-state index contributed by atoms with van der Waals surface area (Å²) in [7, 11) is 0. The number of rotatable bonds is 1. The fourth-order valence-corrected chi connectivity index (χ4v) is 4.84. The van der Waals surface area contributed by atoms with Crippen molar-refractivity contribution in [2.45, 2.75) is 32.7 Å². The van der Waals surface area contributed by atoms with Gasteiger partial charge in [0.25, 0.3) is 11.5 Å². The molecule has 5 heteroatoms. The lowest BCUT2D eigenvalue weighted by Gasteiger charge is -2.42. The molecule has 27 heavy (non-hydrogen) atoms. The van der Waals surface area contributed by atoms with Crippen LogP contribution in [-0.4, -0.2) is 33.4 Å². The summed E-state index contributed by atoms with van der Waals surface area (Å²) in [6, 6.07) is 11.4. The summed E-state index contributed by atoms with van der Waals surface area (Å²) in [5.74, 6) is 0.687. The summed E-state index contributed by atoms with van der Waals surface area (Å²) < 4.78 is 1.90. The van der Waals surface area contributed by atoms with E-state index in [1.165, 1.54) is 5.56 Å². The van der Waals surface area contributed by atoms with E-state index in [0.29, 0.717) is 19.0 Å². The molecule has 0 unspecified atom stereocenters. The highest BCUT2D eigenvalue weighted by molar-refractivity contribution is 5.99. The molecular weight excluding hydrogens is 338 g/mol. The number of carbonyl (C=O) groups is 1. The maximum absolute atomic E-state index is 13.2. The Morgan fingerprint density at radius 1 is 1.11 bits per heavy atom. The lowest BCUT2D eigenvalue weighted by molar-refractivity contribution is 0.0594. The SMILES string of the molecule is Cc1[nH]c2ccc(C(=O)N3C[C@H]4C[C@@H](C3)c3cccc(=O)n3C4)cc2c1C. The number of likely N-dealkylation sites (tertiary alicyclic amines) is 1. The zero-order chi connectivity index (χ0) is 18.7. The van der Waals surface area contributed by atoms with E-state index in [9.17, 15) is 9.59 Å². The van der Waals surface area contributed by atoms with Crippen LogP contribution in [0.5, 0.6) is 0 Å². The first-order valence-corrected chi connectivity index (χ1v) is 9.59. The van der Waals surface area contributed by atoms with Gasteiger partial charge in [0.15, 0.2) is 0 Å². The molecule has 4 heterocycles. The van der Waals surface area contributed by atoms with Gasteiger partial charge in [-0.1, -0.05) is 6.07 Å². The number of aryl methyl sites for hydroxylation is 2. The van der Waals surface area contributed by atoms with E-state index in [1.54, 1.807) is 6.07 Å². The van der Waals surface area contributed by atoms with Crippen LogP contribution in [0.15, 0.2) is 41.2 Å². The maximum Gasteiger partial charge on any atom is 0.253 e. The standard InChI is InChI=1S/C22H23N3O2/c1-13-14(2)23-19-7-6-16(9-18(13)19)22(27)24-10-15-8-17(12-24)20-4-3-5-21(26)25(20)11-15/h3-7,9,15,17,23H,8,10-12H2,1-2H3/t15-,17+/m1/s1. The Bertz CT molecular complexity index is 1120. The number of pyridine rings is 1. The van der Waals surface area contributed by atoms with Gasteiger partial charge >= 0.3 is 0 Å². The molecule has 2 bridgehead atoms. The van der Waals surface area contributed by atoms with Gasteiger partial charge in [0.05, 0.1) is 0 Å². The number of hydrogen-bond acceptors (Lipinski definition) is 2.